The van der Waals surface area contributed by atoms with Crippen LogP contribution in [0.4, 0.5) is 0 Å². The van der Waals surface area contributed by atoms with E-state index in [-0.39, 0.29) is 11.9 Å². The molecule has 0 bridgehead atoms. The van der Waals surface area contributed by atoms with Gasteiger partial charge in [0.1, 0.15) is 5.75 Å². The van der Waals surface area contributed by atoms with Gasteiger partial charge in [-0.15, -0.1) is 0 Å². The lowest BCUT2D eigenvalue weighted by Gasteiger charge is -2.03. The van der Waals surface area contributed by atoms with Gasteiger partial charge in [0.25, 0.3) is 0 Å². The standard InChI is InChI=1S/C11H12O2/c1-3-9-11(12)8-6-7(2)4-5-10(8)13-9/h4-6,9H,3H2,1-2H3. The van der Waals surface area contributed by atoms with E-state index in [1.165, 1.54) is 0 Å². The third-order valence-corrected chi connectivity index (χ3v) is 2.33. The summed E-state index contributed by atoms with van der Waals surface area (Å²) < 4.78 is 5.47. The highest BCUT2D eigenvalue weighted by Crippen LogP contribution is 2.30. The summed E-state index contributed by atoms with van der Waals surface area (Å²) in [6.07, 6.45) is 0.490. The molecular formula is C11H12O2. The first-order valence-electron chi connectivity index (χ1n) is 4.54. The summed E-state index contributed by atoms with van der Waals surface area (Å²) in [5, 5.41) is 0. The molecule has 0 spiro atoms. The minimum Gasteiger partial charge on any atom is -0.482 e. The Morgan fingerprint density at radius 1 is 1.46 bits per heavy atom. The van der Waals surface area contributed by atoms with Gasteiger partial charge >= 0.3 is 0 Å². The Hall–Kier alpha value is -1.31. The van der Waals surface area contributed by atoms with Gasteiger partial charge in [-0.1, -0.05) is 18.6 Å². The topological polar surface area (TPSA) is 26.3 Å². The molecule has 1 aliphatic heterocycles. The Labute approximate surface area is 77.5 Å². The van der Waals surface area contributed by atoms with Gasteiger partial charge < -0.3 is 4.74 Å². The van der Waals surface area contributed by atoms with Crippen molar-refractivity contribution >= 4 is 5.78 Å². The number of hydrogen-bond donors (Lipinski definition) is 0. The van der Waals surface area contributed by atoms with E-state index in [0.29, 0.717) is 0 Å². The van der Waals surface area contributed by atoms with Crippen LogP contribution in [0.3, 0.4) is 0 Å². The van der Waals surface area contributed by atoms with E-state index in [0.717, 1.165) is 23.3 Å². The van der Waals surface area contributed by atoms with Crippen molar-refractivity contribution in [2.24, 2.45) is 0 Å². The monoisotopic (exact) mass is 176 g/mol. The van der Waals surface area contributed by atoms with Gasteiger partial charge in [-0.2, -0.15) is 0 Å². The third kappa shape index (κ3) is 1.22. The zero-order chi connectivity index (χ0) is 9.42. The molecule has 1 atom stereocenters. The van der Waals surface area contributed by atoms with E-state index in [4.69, 9.17) is 4.74 Å². The minimum atomic E-state index is -0.253. The Kier molecular flexibility index (Phi) is 1.83. The zero-order valence-electron chi connectivity index (χ0n) is 7.83. The van der Waals surface area contributed by atoms with Crippen molar-refractivity contribution in [2.45, 2.75) is 26.4 Å². The van der Waals surface area contributed by atoms with Crippen molar-refractivity contribution in [1.29, 1.82) is 0 Å². The molecular weight excluding hydrogens is 164 g/mol. The molecule has 0 amide bonds. The van der Waals surface area contributed by atoms with Crippen molar-refractivity contribution in [3.05, 3.63) is 29.3 Å². The summed E-state index contributed by atoms with van der Waals surface area (Å²) in [5.74, 6) is 0.864. The molecule has 13 heavy (non-hydrogen) atoms. The number of hydrogen-bond acceptors (Lipinski definition) is 2. The minimum absolute atomic E-state index is 0.126. The maximum atomic E-state index is 11.7. The summed E-state index contributed by atoms with van der Waals surface area (Å²) >= 11 is 0. The first-order chi connectivity index (χ1) is 6.22. The second-order valence-electron chi connectivity index (χ2n) is 3.38. The van der Waals surface area contributed by atoms with Gasteiger partial charge in [0.15, 0.2) is 6.10 Å². The van der Waals surface area contributed by atoms with Crippen molar-refractivity contribution in [2.75, 3.05) is 0 Å². The van der Waals surface area contributed by atoms with E-state index in [2.05, 4.69) is 0 Å². The van der Waals surface area contributed by atoms with Crippen molar-refractivity contribution < 1.29 is 9.53 Å². The van der Waals surface area contributed by atoms with Crippen LogP contribution in [-0.4, -0.2) is 11.9 Å². The van der Waals surface area contributed by atoms with Crippen LogP contribution in [0, 0.1) is 6.92 Å². The highest BCUT2D eigenvalue weighted by Gasteiger charge is 2.30. The van der Waals surface area contributed by atoms with Crippen LogP contribution in [0.15, 0.2) is 18.2 Å². The normalized spacial score (nSPS) is 19.8. The summed E-state index contributed by atoms with van der Waals surface area (Å²) in [5.41, 5.74) is 1.85. The van der Waals surface area contributed by atoms with E-state index < -0.39 is 0 Å². The molecule has 2 nitrogen and oxygen atoms in total. The van der Waals surface area contributed by atoms with Gasteiger partial charge in [-0.3, -0.25) is 4.79 Å². The van der Waals surface area contributed by atoms with Gasteiger partial charge in [0.05, 0.1) is 5.56 Å². The molecule has 0 N–H and O–H groups in total. The molecule has 0 saturated heterocycles. The average molecular weight is 176 g/mol. The van der Waals surface area contributed by atoms with Crippen LogP contribution in [0.5, 0.6) is 5.75 Å². The fourth-order valence-corrected chi connectivity index (χ4v) is 1.59. The second-order valence-corrected chi connectivity index (χ2v) is 3.38. The molecule has 68 valence electrons. The molecule has 0 radical (unpaired) electrons. The zero-order valence-corrected chi connectivity index (χ0v) is 7.83. The maximum Gasteiger partial charge on any atom is 0.207 e. The highest BCUT2D eigenvalue weighted by molar-refractivity contribution is 6.04. The number of ketones is 1. The van der Waals surface area contributed by atoms with Crippen molar-refractivity contribution in [1.82, 2.24) is 0 Å². The smallest absolute Gasteiger partial charge is 0.207 e. The Balaban J connectivity index is 2.45. The fraction of sp³-hybridized carbons (Fsp3) is 0.364. The molecule has 2 heteroatoms. The number of rotatable bonds is 1. The molecule has 1 aliphatic rings. The first-order valence-corrected chi connectivity index (χ1v) is 4.54. The summed E-state index contributed by atoms with van der Waals surface area (Å²) in [7, 11) is 0. The second kappa shape index (κ2) is 2.87. The number of benzene rings is 1. The van der Waals surface area contributed by atoms with E-state index in [1.807, 2.05) is 32.0 Å². The Morgan fingerprint density at radius 3 is 2.92 bits per heavy atom. The lowest BCUT2D eigenvalue weighted by molar-refractivity contribution is 0.0853. The predicted molar refractivity (Wildman–Crippen MR) is 50.2 cm³/mol. The number of carbonyl (C=O) groups excluding carboxylic acids is 1. The number of aryl methyl sites for hydroxylation is 1. The van der Waals surface area contributed by atoms with Gasteiger partial charge in [0, 0.05) is 0 Å². The van der Waals surface area contributed by atoms with Crippen LogP contribution < -0.4 is 4.74 Å². The summed E-state index contributed by atoms with van der Waals surface area (Å²) in [4.78, 5) is 11.7. The van der Waals surface area contributed by atoms with Crippen LogP contribution >= 0.6 is 0 Å². The van der Waals surface area contributed by atoms with Crippen LogP contribution in [0.25, 0.3) is 0 Å². The molecule has 0 fully saturated rings. The Bertz CT molecular complexity index is 355. The first kappa shape index (κ1) is 8.30. The molecule has 2 rings (SSSR count). The maximum absolute atomic E-state index is 11.7. The number of carbonyl (C=O) groups is 1. The van der Waals surface area contributed by atoms with Crippen LogP contribution in [0.2, 0.25) is 0 Å². The lowest BCUT2D eigenvalue weighted by Crippen LogP contribution is -2.18. The molecule has 1 unspecified atom stereocenters. The average Bonchev–Trinajstić information content (AvgIpc) is 2.44. The molecule has 1 aromatic rings. The predicted octanol–water partition coefficient (Wildman–Crippen LogP) is 2.35. The third-order valence-electron chi connectivity index (χ3n) is 2.33. The number of Topliss-reactive ketones (excluding diaryl/α,β-unsaturated/α-hetero) is 1. The van der Waals surface area contributed by atoms with E-state index in [9.17, 15) is 4.79 Å². The molecule has 1 heterocycles. The number of fused-ring (bicyclic) bond motifs is 1. The lowest BCUT2D eigenvalue weighted by atomic mass is 10.1. The van der Waals surface area contributed by atoms with Crippen LogP contribution in [-0.2, 0) is 0 Å². The quantitative estimate of drug-likeness (QED) is 0.656. The van der Waals surface area contributed by atoms with E-state index >= 15 is 0 Å². The van der Waals surface area contributed by atoms with Gasteiger partial charge in [-0.25, -0.2) is 0 Å². The highest BCUT2D eigenvalue weighted by atomic mass is 16.5. The molecule has 0 aromatic heterocycles. The summed E-state index contributed by atoms with van der Waals surface area (Å²) in [6, 6.07) is 5.73. The van der Waals surface area contributed by atoms with Crippen molar-refractivity contribution in [3.63, 3.8) is 0 Å². The molecule has 0 saturated carbocycles. The van der Waals surface area contributed by atoms with Gasteiger partial charge in [-0.05, 0) is 25.5 Å². The SMILES string of the molecule is CCC1Oc2ccc(C)cc2C1=O. The number of ether oxygens (including phenoxy) is 1. The summed E-state index contributed by atoms with van der Waals surface area (Å²) in [6.45, 7) is 3.94. The molecule has 1 aromatic carbocycles. The van der Waals surface area contributed by atoms with Crippen LogP contribution in [0.1, 0.15) is 29.3 Å². The molecule has 0 aliphatic carbocycles. The van der Waals surface area contributed by atoms with E-state index in [1.54, 1.807) is 0 Å². The Morgan fingerprint density at radius 2 is 2.23 bits per heavy atom. The van der Waals surface area contributed by atoms with Crippen molar-refractivity contribution in [3.8, 4) is 5.75 Å². The van der Waals surface area contributed by atoms with Gasteiger partial charge in [0.2, 0.25) is 5.78 Å². The largest absolute Gasteiger partial charge is 0.482 e. The fourth-order valence-electron chi connectivity index (χ4n) is 1.59.